The number of piperidine rings is 1. The summed E-state index contributed by atoms with van der Waals surface area (Å²) in [4.78, 5) is 20.1. The third-order valence-corrected chi connectivity index (χ3v) is 6.87. The molecule has 0 saturated carbocycles. The molecule has 2 aliphatic rings. The van der Waals surface area contributed by atoms with Gasteiger partial charge in [-0.05, 0) is 69.1 Å². The highest BCUT2D eigenvalue weighted by atomic mass is 35.5. The van der Waals surface area contributed by atoms with Gasteiger partial charge in [-0.3, -0.25) is 9.69 Å². The minimum Gasteiger partial charge on any atom is -0.486 e. The van der Waals surface area contributed by atoms with Crippen LogP contribution >= 0.6 is 11.6 Å². The van der Waals surface area contributed by atoms with Crippen molar-refractivity contribution in [2.45, 2.75) is 39.3 Å². The number of carbonyl (C=O) groups excluding carboxylic acids is 1. The van der Waals surface area contributed by atoms with E-state index in [9.17, 15) is 4.79 Å². The fourth-order valence-corrected chi connectivity index (χ4v) is 4.88. The van der Waals surface area contributed by atoms with Crippen molar-refractivity contribution < 1.29 is 18.7 Å². The normalized spacial score (nSPS) is 18.8. The highest BCUT2D eigenvalue weighted by Gasteiger charge is 2.28. The zero-order valence-electron chi connectivity index (χ0n) is 20.1. The molecule has 1 saturated heterocycles. The third-order valence-electron chi connectivity index (χ3n) is 6.64. The Hall–Kier alpha value is -3.03. The lowest BCUT2D eigenvalue weighted by Crippen LogP contribution is -2.43. The van der Waals surface area contributed by atoms with Gasteiger partial charge in [0.05, 0.1) is 17.7 Å². The van der Waals surface area contributed by atoms with E-state index in [-0.39, 0.29) is 17.9 Å². The number of fused-ring (bicyclic) bond motifs is 1. The van der Waals surface area contributed by atoms with E-state index in [0.717, 1.165) is 53.5 Å². The van der Waals surface area contributed by atoms with Gasteiger partial charge >= 0.3 is 0 Å². The van der Waals surface area contributed by atoms with Crippen LogP contribution in [0.1, 0.15) is 42.8 Å². The van der Waals surface area contributed by atoms with E-state index >= 15 is 0 Å². The van der Waals surface area contributed by atoms with Gasteiger partial charge in [-0.2, -0.15) is 0 Å². The molecule has 3 heterocycles. The molecule has 1 aromatic heterocycles. The van der Waals surface area contributed by atoms with Crippen molar-refractivity contribution in [3.63, 3.8) is 0 Å². The van der Waals surface area contributed by atoms with Crippen LogP contribution < -0.4 is 14.8 Å². The van der Waals surface area contributed by atoms with Crippen LogP contribution in [0.15, 0.2) is 46.9 Å². The second-order valence-corrected chi connectivity index (χ2v) is 9.68. The van der Waals surface area contributed by atoms with Gasteiger partial charge in [0.1, 0.15) is 19.0 Å². The maximum Gasteiger partial charge on any atom is 0.226 e. The summed E-state index contributed by atoms with van der Waals surface area (Å²) in [5.74, 6) is 2.86. The molecule has 0 spiro atoms. The molecule has 0 aliphatic carbocycles. The monoisotopic (exact) mass is 495 g/mol. The van der Waals surface area contributed by atoms with Gasteiger partial charge < -0.3 is 19.2 Å². The number of aryl methyl sites for hydroxylation is 1. The SMILES string of the molecule is Cc1oc(-c2cccc(Cl)c2)nc1CN1CCCC(C(=O)NC(C)c2ccc3c(c2)OCCO3)C1. The van der Waals surface area contributed by atoms with E-state index in [2.05, 4.69) is 10.2 Å². The zero-order valence-corrected chi connectivity index (χ0v) is 20.8. The lowest BCUT2D eigenvalue weighted by Gasteiger charge is -2.32. The first-order chi connectivity index (χ1) is 17.0. The summed E-state index contributed by atoms with van der Waals surface area (Å²) in [6.07, 6.45) is 1.84. The van der Waals surface area contributed by atoms with E-state index in [0.29, 0.717) is 37.2 Å². The number of carbonyl (C=O) groups is 1. The molecule has 2 atom stereocenters. The number of amides is 1. The van der Waals surface area contributed by atoms with E-state index in [1.54, 1.807) is 0 Å². The van der Waals surface area contributed by atoms with Crippen molar-refractivity contribution in [3.05, 3.63) is 64.5 Å². The van der Waals surface area contributed by atoms with Crippen LogP contribution in [0, 0.1) is 12.8 Å². The third kappa shape index (κ3) is 5.46. The van der Waals surface area contributed by atoms with Crippen LogP contribution in [0.3, 0.4) is 0 Å². The van der Waals surface area contributed by atoms with Gasteiger partial charge in [0.2, 0.25) is 11.8 Å². The van der Waals surface area contributed by atoms with Crippen molar-refractivity contribution in [3.8, 4) is 23.0 Å². The Morgan fingerprint density at radius 1 is 1.20 bits per heavy atom. The van der Waals surface area contributed by atoms with Crippen LogP contribution in [0.25, 0.3) is 11.5 Å². The number of halogens is 1. The molecule has 0 radical (unpaired) electrons. The van der Waals surface area contributed by atoms with Gasteiger partial charge in [0.25, 0.3) is 0 Å². The minimum absolute atomic E-state index is 0.0666. The average molecular weight is 496 g/mol. The van der Waals surface area contributed by atoms with Gasteiger partial charge in [0, 0.05) is 23.7 Å². The fourth-order valence-electron chi connectivity index (χ4n) is 4.69. The van der Waals surface area contributed by atoms with Crippen LogP contribution in [0.4, 0.5) is 0 Å². The number of ether oxygens (including phenoxy) is 2. The van der Waals surface area contributed by atoms with Crippen molar-refractivity contribution >= 4 is 17.5 Å². The summed E-state index contributed by atoms with van der Waals surface area (Å²) in [6, 6.07) is 13.2. The Morgan fingerprint density at radius 3 is 2.86 bits per heavy atom. The number of oxazole rings is 1. The number of hydrogen-bond acceptors (Lipinski definition) is 6. The van der Waals surface area contributed by atoms with Crippen LogP contribution in [-0.2, 0) is 11.3 Å². The summed E-state index contributed by atoms with van der Waals surface area (Å²) >= 11 is 6.12. The predicted molar refractivity (Wildman–Crippen MR) is 134 cm³/mol. The Balaban J connectivity index is 1.20. The molecule has 0 bridgehead atoms. The molecule has 7 nitrogen and oxygen atoms in total. The molecule has 2 aliphatic heterocycles. The van der Waals surface area contributed by atoms with E-state index in [4.69, 9.17) is 30.5 Å². The summed E-state index contributed by atoms with van der Waals surface area (Å²) < 4.78 is 17.2. The second-order valence-electron chi connectivity index (χ2n) is 9.24. The van der Waals surface area contributed by atoms with Crippen LogP contribution in [0.2, 0.25) is 5.02 Å². The molecule has 2 unspecified atom stereocenters. The quantitative estimate of drug-likeness (QED) is 0.508. The van der Waals surface area contributed by atoms with E-state index < -0.39 is 0 Å². The van der Waals surface area contributed by atoms with Gasteiger partial charge in [-0.1, -0.05) is 23.7 Å². The minimum atomic E-state index is -0.119. The maximum absolute atomic E-state index is 13.1. The molecular weight excluding hydrogens is 466 g/mol. The second kappa shape index (κ2) is 10.3. The summed E-state index contributed by atoms with van der Waals surface area (Å²) in [7, 11) is 0. The highest BCUT2D eigenvalue weighted by molar-refractivity contribution is 6.30. The Kier molecular flexibility index (Phi) is 6.97. The predicted octanol–water partition coefficient (Wildman–Crippen LogP) is 5.16. The Labute approximate surface area is 210 Å². The molecule has 8 heteroatoms. The van der Waals surface area contributed by atoms with Crippen molar-refractivity contribution in [2.24, 2.45) is 5.92 Å². The molecular formula is C27H30ClN3O4. The van der Waals surface area contributed by atoms with Gasteiger partial charge in [0.15, 0.2) is 11.5 Å². The summed E-state index contributed by atoms with van der Waals surface area (Å²) in [5, 5.41) is 3.84. The smallest absolute Gasteiger partial charge is 0.226 e. The molecule has 1 fully saturated rings. The number of benzene rings is 2. The molecule has 1 amide bonds. The lowest BCUT2D eigenvalue weighted by molar-refractivity contribution is -0.127. The number of rotatable bonds is 6. The van der Waals surface area contributed by atoms with Crippen molar-refractivity contribution in [2.75, 3.05) is 26.3 Å². The van der Waals surface area contributed by atoms with E-state index in [1.807, 2.05) is 56.3 Å². The highest BCUT2D eigenvalue weighted by Crippen LogP contribution is 2.33. The number of hydrogen-bond donors (Lipinski definition) is 1. The summed E-state index contributed by atoms with van der Waals surface area (Å²) in [6.45, 7) is 7.31. The number of nitrogens with one attached hydrogen (secondary N) is 1. The summed E-state index contributed by atoms with van der Waals surface area (Å²) in [5.41, 5.74) is 2.75. The van der Waals surface area contributed by atoms with Crippen molar-refractivity contribution in [1.29, 1.82) is 0 Å². The average Bonchev–Trinajstić information content (AvgIpc) is 3.23. The molecule has 184 valence electrons. The fraction of sp³-hybridized carbons (Fsp3) is 0.407. The van der Waals surface area contributed by atoms with Crippen LogP contribution in [-0.4, -0.2) is 42.1 Å². The Bertz CT molecular complexity index is 1210. The molecule has 3 aromatic rings. The first-order valence-electron chi connectivity index (χ1n) is 12.1. The van der Waals surface area contributed by atoms with Crippen LogP contribution in [0.5, 0.6) is 11.5 Å². The standard InChI is InChI=1S/C27H30ClN3O4/c1-17(19-8-9-24-25(14-19)34-12-11-33-24)29-26(32)21-6-4-10-31(15-21)16-23-18(2)35-27(30-23)20-5-3-7-22(28)13-20/h3,5,7-9,13-14,17,21H,4,6,10-12,15-16H2,1-2H3,(H,29,32). The maximum atomic E-state index is 13.1. The number of likely N-dealkylation sites (tertiary alicyclic amines) is 1. The molecule has 5 rings (SSSR count). The molecule has 35 heavy (non-hydrogen) atoms. The van der Waals surface area contributed by atoms with Gasteiger partial charge in [-0.15, -0.1) is 0 Å². The van der Waals surface area contributed by atoms with E-state index in [1.165, 1.54) is 0 Å². The number of aromatic nitrogens is 1. The Morgan fingerprint density at radius 2 is 2.03 bits per heavy atom. The first kappa shape index (κ1) is 23.7. The van der Waals surface area contributed by atoms with Crippen molar-refractivity contribution in [1.82, 2.24) is 15.2 Å². The zero-order chi connectivity index (χ0) is 24.4. The first-order valence-corrected chi connectivity index (χ1v) is 12.5. The number of nitrogens with zero attached hydrogens (tertiary/aromatic N) is 2. The topological polar surface area (TPSA) is 76.8 Å². The molecule has 1 N–H and O–H groups in total. The lowest BCUT2D eigenvalue weighted by atomic mass is 9.96. The molecule has 2 aromatic carbocycles. The van der Waals surface area contributed by atoms with Gasteiger partial charge in [-0.25, -0.2) is 4.98 Å². The largest absolute Gasteiger partial charge is 0.486 e.